The van der Waals surface area contributed by atoms with Crippen molar-refractivity contribution in [2.75, 3.05) is 5.32 Å². The van der Waals surface area contributed by atoms with Crippen LogP contribution in [-0.4, -0.2) is 30.2 Å². The van der Waals surface area contributed by atoms with E-state index in [0.717, 1.165) is 11.3 Å². The average molecular weight is 465 g/mol. The number of nitrogens with one attached hydrogen (secondary N) is 1. The summed E-state index contributed by atoms with van der Waals surface area (Å²) >= 11 is 6.08. The highest BCUT2D eigenvalue weighted by Gasteiger charge is 2.16. The fourth-order valence-electron chi connectivity index (χ4n) is 3.13. The standard InChI is InChI=1S/C23H21ClN6O3/c1-14(2)30-13-16(24)8-19(23(30)32)22(31)28-21-5-4-18(11-26-21)33-17-6-7-25-20(9-17)15-10-27-29(3)12-15/h4-14H,1-3H3,(H,26,28,31). The highest BCUT2D eigenvalue weighted by molar-refractivity contribution is 6.30. The van der Waals surface area contributed by atoms with Crippen LogP contribution in [0.2, 0.25) is 5.02 Å². The first-order chi connectivity index (χ1) is 15.8. The lowest BCUT2D eigenvalue weighted by molar-refractivity contribution is 0.102. The Balaban J connectivity index is 1.47. The van der Waals surface area contributed by atoms with Gasteiger partial charge in [-0.15, -0.1) is 0 Å². The lowest BCUT2D eigenvalue weighted by Crippen LogP contribution is -2.30. The van der Waals surface area contributed by atoms with Crippen LogP contribution in [0.4, 0.5) is 5.82 Å². The monoisotopic (exact) mass is 464 g/mol. The van der Waals surface area contributed by atoms with Crippen LogP contribution >= 0.6 is 11.6 Å². The topological polar surface area (TPSA) is 104 Å². The zero-order valence-corrected chi connectivity index (χ0v) is 18.9. The number of carbonyl (C=O) groups excluding carboxylic acids is 1. The third-order valence-electron chi connectivity index (χ3n) is 4.76. The van der Waals surface area contributed by atoms with E-state index in [2.05, 4.69) is 20.4 Å². The minimum absolute atomic E-state index is 0.0574. The molecule has 1 amide bonds. The van der Waals surface area contributed by atoms with E-state index in [1.807, 2.05) is 27.1 Å². The first kappa shape index (κ1) is 22.2. The molecular formula is C23H21ClN6O3. The molecule has 0 radical (unpaired) electrons. The summed E-state index contributed by atoms with van der Waals surface area (Å²) in [5, 5.41) is 7.07. The second-order valence-corrected chi connectivity index (χ2v) is 8.03. The van der Waals surface area contributed by atoms with Gasteiger partial charge < -0.3 is 14.6 Å². The first-order valence-corrected chi connectivity index (χ1v) is 10.5. The molecule has 0 aromatic carbocycles. The largest absolute Gasteiger partial charge is 0.456 e. The highest BCUT2D eigenvalue weighted by Crippen LogP contribution is 2.25. The average Bonchev–Trinajstić information content (AvgIpc) is 3.23. The van der Waals surface area contributed by atoms with Crippen molar-refractivity contribution in [2.45, 2.75) is 19.9 Å². The smallest absolute Gasteiger partial charge is 0.263 e. The molecule has 0 saturated heterocycles. The second-order valence-electron chi connectivity index (χ2n) is 7.59. The van der Waals surface area contributed by atoms with Gasteiger partial charge in [0.15, 0.2) is 0 Å². The number of amides is 1. The molecule has 168 valence electrons. The van der Waals surface area contributed by atoms with Crippen LogP contribution in [0, 0.1) is 0 Å². The molecule has 0 saturated carbocycles. The molecule has 0 bridgehead atoms. The summed E-state index contributed by atoms with van der Waals surface area (Å²) in [5.74, 6) is 0.735. The maximum atomic E-state index is 12.6. The number of halogens is 1. The number of hydrogen-bond acceptors (Lipinski definition) is 6. The van der Waals surface area contributed by atoms with E-state index in [4.69, 9.17) is 16.3 Å². The Labute approximate surface area is 194 Å². The molecule has 4 aromatic rings. The summed E-state index contributed by atoms with van der Waals surface area (Å²) in [4.78, 5) is 33.8. The van der Waals surface area contributed by atoms with E-state index >= 15 is 0 Å². The Kier molecular flexibility index (Phi) is 6.23. The van der Waals surface area contributed by atoms with Gasteiger partial charge in [-0.05, 0) is 38.1 Å². The van der Waals surface area contributed by atoms with E-state index in [-0.39, 0.29) is 17.4 Å². The summed E-state index contributed by atoms with van der Waals surface area (Å²) in [7, 11) is 1.84. The van der Waals surface area contributed by atoms with Crippen LogP contribution in [0.25, 0.3) is 11.3 Å². The van der Waals surface area contributed by atoms with Crippen molar-refractivity contribution in [1.29, 1.82) is 0 Å². The molecule has 1 N–H and O–H groups in total. The summed E-state index contributed by atoms with van der Waals surface area (Å²) < 4.78 is 8.97. The second kappa shape index (κ2) is 9.25. The van der Waals surface area contributed by atoms with Gasteiger partial charge in [0.25, 0.3) is 11.5 Å². The van der Waals surface area contributed by atoms with Crippen molar-refractivity contribution in [2.24, 2.45) is 7.05 Å². The molecule has 0 unspecified atom stereocenters. The number of aryl methyl sites for hydroxylation is 1. The van der Waals surface area contributed by atoms with Gasteiger partial charge in [0.1, 0.15) is 22.9 Å². The first-order valence-electron chi connectivity index (χ1n) is 10.1. The van der Waals surface area contributed by atoms with Crippen molar-refractivity contribution < 1.29 is 9.53 Å². The molecule has 9 nitrogen and oxygen atoms in total. The SMILES string of the molecule is CC(C)n1cc(Cl)cc(C(=O)Nc2ccc(Oc3ccnc(-c4cnn(C)c4)c3)cn2)c1=O. The predicted octanol–water partition coefficient (Wildman–Crippen LogP) is 4.32. The van der Waals surface area contributed by atoms with E-state index in [9.17, 15) is 9.59 Å². The van der Waals surface area contributed by atoms with Gasteiger partial charge in [-0.2, -0.15) is 5.10 Å². The maximum absolute atomic E-state index is 12.6. The number of carbonyl (C=O) groups is 1. The summed E-state index contributed by atoms with van der Waals surface area (Å²) in [5.41, 5.74) is 1.12. The van der Waals surface area contributed by atoms with E-state index < -0.39 is 11.5 Å². The third-order valence-corrected chi connectivity index (χ3v) is 4.96. The molecule has 33 heavy (non-hydrogen) atoms. The minimum Gasteiger partial charge on any atom is -0.456 e. The van der Waals surface area contributed by atoms with Gasteiger partial charge in [0, 0.05) is 43.3 Å². The predicted molar refractivity (Wildman–Crippen MR) is 125 cm³/mol. The Bertz CT molecular complexity index is 1360. The lowest BCUT2D eigenvalue weighted by Gasteiger charge is -2.12. The van der Waals surface area contributed by atoms with Crippen LogP contribution < -0.4 is 15.6 Å². The maximum Gasteiger partial charge on any atom is 0.263 e. The van der Waals surface area contributed by atoms with Gasteiger partial charge >= 0.3 is 0 Å². The molecule has 0 atom stereocenters. The summed E-state index contributed by atoms with van der Waals surface area (Å²) in [6.07, 6.45) is 8.22. The van der Waals surface area contributed by atoms with Crippen LogP contribution in [-0.2, 0) is 7.05 Å². The van der Waals surface area contributed by atoms with Gasteiger partial charge in [-0.3, -0.25) is 19.3 Å². The van der Waals surface area contributed by atoms with Crippen LogP contribution in [0.3, 0.4) is 0 Å². The molecule has 0 fully saturated rings. The number of anilines is 1. The van der Waals surface area contributed by atoms with Gasteiger partial charge in [0.2, 0.25) is 0 Å². The van der Waals surface area contributed by atoms with Crippen molar-refractivity contribution in [3.05, 3.63) is 82.3 Å². The van der Waals surface area contributed by atoms with E-state index in [0.29, 0.717) is 16.5 Å². The fourth-order valence-corrected chi connectivity index (χ4v) is 3.35. The molecule has 4 heterocycles. The molecule has 0 spiro atoms. The Hall–Kier alpha value is -3.98. The minimum atomic E-state index is -0.590. The molecule has 0 aliphatic rings. The number of ether oxygens (including phenoxy) is 1. The number of pyridine rings is 3. The van der Waals surface area contributed by atoms with Crippen molar-refractivity contribution in [3.8, 4) is 22.8 Å². The Morgan fingerprint density at radius 3 is 2.58 bits per heavy atom. The molecule has 0 aliphatic carbocycles. The van der Waals surface area contributed by atoms with Crippen LogP contribution in [0.15, 0.2) is 66.1 Å². The van der Waals surface area contributed by atoms with Crippen LogP contribution in [0.5, 0.6) is 11.5 Å². The highest BCUT2D eigenvalue weighted by atomic mass is 35.5. The summed E-state index contributed by atoms with van der Waals surface area (Å²) in [6.45, 7) is 3.67. The number of hydrogen-bond donors (Lipinski definition) is 1. The fraction of sp³-hybridized carbons (Fsp3) is 0.174. The van der Waals surface area contributed by atoms with Crippen molar-refractivity contribution >= 4 is 23.3 Å². The van der Waals surface area contributed by atoms with Crippen molar-refractivity contribution in [3.63, 3.8) is 0 Å². The Morgan fingerprint density at radius 1 is 1.09 bits per heavy atom. The lowest BCUT2D eigenvalue weighted by atomic mass is 10.2. The quantitative estimate of drug-likeness (QED) is 0.455. The summed E-state index contributed by atoms with van der Waals surface area (Å²) in [6, 6.07) is 7.99. The molecule has 10 heteroatoms. The van der Waals surface area contributed by atoms with Gasteiger partial charge in [0.05, 0.1) is 23.1 Å². The normalized spacial score (nSPS) is 10.9. The van der Waals surface area contributed by atoms with E-state index in [1.165, 1.54) is 23.0 Å². The zero-order valence-electron chi connectivity index (χ0n) is 18.2. The van der Waals surface area contributed by atoms with Gasteiger partial charge in [-0.1, -0.05) is 11.6 Å². The Morgan fingerprint density at radius 2 is 1.91 bits per heavy atom. The molecule has 4 aromatic heterocycles. The number of rotatable bonds is 6. The number of nitrogens with zero attached hydrogens (tertiary/aromatic N) is 5. The number of aromatic nitrogens is 5. The van der Waals surface area contributed by atoms with Crippen molar-refractivity contribution in [1.82, 2.24) is 24.3 Å². The van der Waals surface area contributed by atoms with Gasteiger partial charge in [-0.25, -0.2) is 4.98 Å². The van der Waals surface area contributed by atoms with E-state index in [1.54, 1.807) is 41.3 Å². The zero-order chi connectivity index (χ0) is 23.5. The molecule has 0 aliphatic heterocycles. The molecular weight excluding hydrogens is 444 g/mol. The molecule has 4 rings (SSSR count). The van der Waals surface area contributed by atoms with Crippen LogP contribution in [0.1, 0.15) is 30.2 Å². The third kappa shape index (κ3) is 5.09.